The van der Waals surface area contributed by atoms with Crippen LogP contribution in [0.5, 0.6) is 23.0 Å². The largest absolute Gasteiger partial charge is 1.00 e. The summed E-state index contributed by atoms with van der Waals surface area (Å²) in [7, 11) is 0.223. The van der Waals surface area contributed by atoms with Crippen molar-refractivity contribution in [3.63, 3.8) is 0 Å². The standard InChI is InChI=1S/C41H51O4P.C29H44O2.C12H8ClO2P.C4H9.Li/c1-38(2,3)26-22-30(36(42-13)32(24-26)40(7,8)9)31-23-27(39(4,5)6)25-33(41(10,11)12)37(31)45-46-43-34-20-16-14-18-28(34)29-19-15-17-21-35(29)44-46;1-26(2,3)18-14-20(24(30)22(16-18)28(7,8)9)21-15-19(27(4,5)6)17-23(25(21)31-13)29(10,11)12;13-16-14-11-7-3-1-5-9(11)10-6-2-4-8-12(10)15-16;1-3-4-2;/h14-25H,1-13H3;14-17,30H,1-13H3;1-8H;1,3-4H2,2H3;/q;;;-1;+1. The fourth-order valence-electron chi connectivity index (χ4n) is 11.4. The van der Waals surface area contributed by atoms with E-state index in [1.54, 1.807) is 14.2 Å². The van der Waals surface area contributed by atoms with Crippen molar-refractivity contribution >= 4 is 70.7 Å². The molecule has 0 radical (unpaired) electrons. The zero-order valence-corrected chi connectivity index (χ0v) is 67.1. The molecule has 0 aliphatic carbocycles. The maximum atomic E-state index is 11.5. The fourth-order valence-corrected chi connectivity index (χ4v) is 13.6. The van der Waals surface area contributed by atoms with E-state index in [1.165, 1.54) is 28.7 Å². The van der Waals surface area contributed by atoms with Gasteiger partial charge in [-0.1, -0.05) is 277 Å². The number of benzene rings is 8. The van der Waals surface area contributed by atoms with Crippen molar-refractivity contribution in [2.45, 2.75) is 229 Å². The van der Waals surface area contributed by atoms with Gasteiger partial charge in [-0.3, -0.25) is 0 Å². The predicted octanol–water partition coefficient (Wildman–Crippen LogP) is 25.2. The van der Waals surface area contributed by atoms with Crippen molar-refractivity contribution in [2.24, 2.45) is 0 Å². The van der Waals surface area contributed by atoms with Crippen molar-refractivity contribution in [1.29, 1.82) is 0 Å². The summed E-state index contributed by atoms with van der Waals surface area (Å²) in [6, 6.07) is 49.7. The monoisotopic (exact) mass is 1380 g/mol. The molecule has 8 nitrogen and oxygen atoms in total. The molecule has 10 rings (SSSR count). The molecule has 522 valence electrons. The van der Waals surface area contributed by atoms with Gasteiger partial charge >= 0.3 is 34.5 Å². The van der Waals surface area contributed by atoms with Gasteiger partial charge in [0.25, 0.3) is 0 Å². The van der Waals surface area contributed by atoms with Crippen LogP contribution in [0, 0.1) is 6.92 Å². The number of hydrogen-bond donors (Lipinski definition) is 1. The Balaban J connectivity index is 0.000000249. The smallest absolute Gasteiger partial charge is 0.507 e. The molecule has 0 spiro atoms. The van der Waals surface area contributed by atoms with Gasteiger partial charge in [0.15, 0.2) is 0 Å². The molecule has 0 amide bonds. The fraction of sp³-hybridized carbons (Fsp3) is 0.430. The number of methoxy groups -OCH3 is 2. The van der Waals surface area contributed by atoms with Gasteiger partial charge in [-0.25, -0.2) is 0 Å². The molecule has 0 bridgehead atoms. The van der Waals surface area contributed by atoms with Gasteiger partial charge in [-0.15, -0.1) is 0 Å². The first-order valence-electron chi connectivity index (χ1n) is 34.2. The molecule has 0 fully saturated rings. The van der Waals surface area contributed by atoms with Crippen LogP contribution in [0.15, 0.2) is 162 Å². The Morgan fingerprint density at radius 2 is 0.612 bits per heavy atom. The predicted molar refractivity (Wildman–Crippen MR) is 418 cm³/mol. The van der Waals surface area contributed by atoms with Gasteiger partial charge in [-0.2, -0.15) is 6.42 Å². The number of aromatic hydroxyl groups is 1. The minimum atomic E-state index is -1.87. The Hall–Kier alpha value is -6.35. The maximum absolute atomic E-state index is 11.5. The molecule has 1 N–H and O–H groups in total. The summed E-state index contributed by atoms with van der Waals surface area (Å²) >= 11 is 6.00. The molecule has 98 heavy (non-hydrogen) atoms. The SMILES string of the molecule is COc1c(-c2cc(C(C)(C)C)cc(C(C)(C)C)c2O)cc(C(C)(C)C)cc1C(C)(C)C.COc1c(-c2cc(C(C)(C)C)cc(C(C)(C)C)c2Op2oc3ccccc3c3ccccc3o2)cc(C(C)(C)C)cc1C(C)(C)C.Clp1oc2ccccc2c2ccccc2o1.[CH2-]CCC.[Li+]. The zero-order chi connectivity index (χ0) is 72.3. The van der Waals surface area contributed by atoms with Crippen LogP contribution in [-0.2, 0) is 43.3 Å². The average Bonchev–Trinajstić information content (AvgIpc) is 0.892. The van der Waals surface area contributed by atoms with E-state index < -0.39 is 15.6 Å². The van der Waals surface area contributed by atoms with Crippen LogP contribution in [0.3, 0.4) is 0 Å². The number of unbranched alkanes of at least 4 members (excludes halogenated alkanes) is 1. The Morgan fingerprint density at radius 1 is 0.367 bits per heavy atom. The topological polar surface area (TPSA) is 100 Å². The van der Waals surface area contributed by atoms with Gasteiger partial charge in [0.2, 0.25) is 0 Å². The first kappa shape index (κ1) is 80.6. The van der Waals surface area contributed by atoms with Crippen molar-refractivity contribution in [3.05, 3.63) is 197 Å². The van der Waals surface area contributed by atoms with E-state index in [9.17, 15) is 5.11 Å². The number of phenolic OH excluding ortho intramolecular Hbond substituents is 1. The van der Waals surface area contributed by atoms with Gasteiger partial charge in [0.05, 0.1) is 14.2 Å². The van der Waals surface area contributed by atoms with Crippen LogP contribution in [0.25, 0.3) is 66.1 Å². The molecule has 0 unspecified atom stereocenters. The van der Waals surface area contributed by atoms with E-state index in [0.717, 1.165) is 112 Å². The number of para-hydroxylation sites is 4. The normalized spacial score (nSPS) is 12.4. The van der Waals surface area contributed by atoms with Crippen LogP contribution >= 0.6 is 26.8 Å². The summed E-state index contributed by atoms with van der Waals surface area (Å²) in [6.45, 7) is 59.2. The third kappa shape index (κ3) is 19.4. The Labute approximate surface area is 607 Å². The molecule has 0 atom stereocenters. The molecule has 8 aromatic carbocycles. The second kappa shape index (κ2) is 31.3. The number of halogens is 1. The molecule has 12 heteroatoms. The summed E-state index contributed by atoms with van der Waals surface area (Å²) < 4.78 is 43.7. The second-order valence-electron chi connectivity index (χ2n) is 33.8. The van der Waals surface area contributed by atoms with Crippen LogP contribution in [0.2, 0.25) is 0 Å². The Morgan fingerprint density at radius 3 is 0.888 bits per heavy atom. The molecule has 2 aromatic heterocycles. The molecule has 0 aliphatic heterocycles. The summed E-state index contributed by atoms with van der Waals surface area (Å²) in [5, 5.41) is 15.5. The number of fused-ring (bicyclic) bond motifs is 6. The summed E-state index contributed by atoms with van der Waals surface area (Å²) in [6.07, 6.45) is 2.28. The number of phenols is 1. The van der Waals surface area contributed by atoms with Crippen LogP contribution < -0.4 is 32.9 Å². The average molecular weight is 1380 g/mol. The molecule has 0 aliphatic rings. The first-order chi connectivity index (χ1) is 44.8. The molecule has 0 saturated heterocycles. The van der Waals surface area contributed by atoms with E-state index in [4.69, 9.17) is 42.0 Å². The minimum absolute atomic E-state index is 0. The van der Waals surface area contributed by atoms with E-state index in [-0.39, 0.29) is 62.2 Å². The molecular weight excluding hydrogens is 1270 g/mol. The first-order valence-corrected chi connectivity index (χ1v) is 37.4. The number of hydrogen-bond acceptors (Lipinski definition) is 8. The second-order valence-corrected chi connectivity index (χ2v) is 36.4. The van der Waals surface area contributed by atoms with E-state index in [0.29, 0.717) is 5.75 Å². The van der Waals surface area contributed by atoms with Gasteiger partial charge in [0, 0.05) is 77.3 Å². The van der Waals surface area contributed by atoms with Crippen LogP contribution in [-0.4, -0.2) is 19.3 Å². The molecular formula is C86H112ClLiO8P2. The Kier molecular flexibility index (Phi) is 25.7. The number of ether oxygens (including phenoxy) is 2. The zero-order valence-electron chi connectivity index (χ0n) is 64.6. The molecule has 0 saturated carbocycles. The van der Waals surface area contributed by atoms with Gasteiger partial charge in [0.1, 0.15) is 45.3 Å². The third-order valence-corrected chi connectivity index (χ3v) is 19.5. The van der Waals surface area contributed by atoms with Crippen LogP contribution in [0.1, 0.15) is 230 Å². The van der Waals surface area contributed by atoms with E-state index in [1.807, 2.05) is 84.9 Å². The van der Waals surface area contributed by atoms with Crippen LogP contribution in [0.4, 0.5) is 0 Å². The quantitative estimate of drug-likeness (QED) is 0.124. The summed E-state index contributed by atoms with van der Waals surface area (Å²) in [5.41, 5.74) is 15.2. The van der Waals surface area contributed by atoms with Gasteiger partial charge in [-0.05, 0) is 114 Å². The maximum Gasteiger partial charge on any atom is 1.00 e. The third-order valence-electron chi connectivity index (χ3n) is 17.4. The minimum Gasteiger partial charge on any atom is -0.507 e. The summed E-state index contributed by atoms with van der Waals surface area (Å²) in [5.74, 6) is 2.82. The van der Waals surface area contributed by atoms with Crippen molar-refractivity contribution in [2.75, 3.05) is 14.2 Å². The van der Waals surface area contributed by atoms with Crippen molar-refractivity contribution in [1.82, 2.24) is 0 Å². The molecule has 10 aromatic rings. The Bertz CT molecular complexity index is 4360. The van der Waals surface area contributed by atoms with E-state index >= 15 is 0 Å². The van der Waals surface area contributed by atoms with Gasteiger partial charge < -0.3 is 42.8 Å². The molecule has 2 heterocycles. The number of rotatable bonds is 7. The van der Waals surface area contributed by atoms with E-state index in [2.05, 4.69) is 241 Å². The van der Waals surface area contributed by atoms with Crippen molar-refractivity contribution < 1.29 is 54.8 Å². The summed E-state index contributed by atoms with van der Waals surface area (Å²) in [4.78, 5) is 0. The van der Waals surface area contributed by atoms with Crippen molar-refractivity contribution in [3.8, 4) is 45.3 Å².